The van der Waals surface area contributed by atoms with Gasteiger partial charge in [-0.2, -0.15) is 0 Å². The average Bonchev–Trinajstić information content (AvgIpc) is 3.30. The van der Waals surface area contributed by atoms with Crippen LogP contribution < -0.4 is 37.6 Å². The topological polar surface area (TPSA) is 221 Å². The first-order valence-corrected chi connectivity index (χ1v) is 22.2. The number of benzene rings is 5. The summed E-state index contributed by atoms with van der Waals surface area (Å²) in [4.78, 5) is 81.4. The molecule has 0 saturated carbocycles. The second kappa shape index (κ2) is 23.2. The molecule has 1 aliphatic rings. The van der Waals surface area contributed by atoms with Crippen molar-refractivity contribution in [1.82, 2.24) is 31.9 Å². The van der Waals surface area contributed by atoms with Gasteiger partial charge in [0.2, 0.25) is 29.5 Å². The first-order chi connectivity index (χ1) is 31.3. The summed E-state index contributed by atoms with van der Waals surface area (Å²) in [7, 11) is 0. The summed E-state index contributed by atoms with van der Waals surface area (Å²) in [6.07, 6.45) is 0.470. The molecule has 1 unspecified atom stereocenters. The molecule has 6 amide bonds. The summed E-state index contributed by atoms with van der Waals surface area (Å²) in [6.45, 7) is 2.63. The van der Waals surface area contributed by atoms with E-state index in [4.69, 9.17) is 5.73 Å². The van der Waals surface area contributed by atoms with E-state index in [1.54, 1.807) is 12.1 Å². The van der Waals surface area contributed by atoms with Crippen molar-refractivity contribution >= 4 is 57.0 Å². The van der Waals surface area contributed by atoms with Gasteiger partial charge in [0.1, 0.15) is 29.9 Å². The van der Waals surface area contributed by atoms with Gasteiger partial charge in [-0.25, -0.2) is 4.39 Å². The molecule has 5 aromatic carbocycles. The SMILES string of the molecule is CC(F)C(=O)NCCCC[C@H](NC(=O)[C@H](Cc1ccc(O)cc1)NC(=O)[C@@H](Cc1ccc2ccccc2c1)NC(=O)[C@@H](Cc1ccc2ccccc2c1)NC(=O)C1CCNCC1)C(N)=O. The van der Waals surface area contributed by atoms with E-state index in [-0.39, 0.29) is 49.8 Å². The number of hydrogen-bond donors (Lipinski definition) is 8. The van der Waals surface area contributed by atoms with Crippen LogP contribution in [0.25, 0.3) is 21.5 Å². The second-order valence-corrected chi connectivity index (χ2v) is 16.7. The zero-order valence-electron chi connectivity index (χ0n) is 36.5. The van der Waals surface area contributed by atoms with Crippen molar-refractivity contribution in [2.75, 3.05) is 19.6 Å². The Bertz CT molecular complexity index is 2460. The van der Waals surface area contributed by atoms with Crippen LogP contribution in [0.15, 0.2) is 109 Å². The number of phenols is 1. The third kappa shape index (κ3) is 14.1. The van der Waals surface area contributed by atoms with Crippen molar-refractivity contribution in [3.8, 4) is 5.75 Å². The number of primary amides is 1. The van der Waals surface area contributed by atoms with Crippen LogP contribution in [0, 0.1) is 5.92 Å². The molecule has 0 aromatic heterocycles. The Kier molecular flexibility index (Phi) is 17.0. The number of phenolic OH excluding ortho intramolecular Hbond substituents is 1. The molecule has 342 valence electrons. The summed E-state index contributed by atoms with van der Waals surface area (Å²) in [6, 6.07) is 28.4. The Labute approximate surface area is 377 Å². The maximum Gasteiger partial charge on any atom is 0.254 e. The van der Waals surface area contributed by atoms with Crippen LogP contribution in [0.5, 0.6) is 5.75 Å². The number of fused-ring (bicyclic) bond motifs is 2. The lowest BCUT2D eigenvalue weighted by molar-refractivity contribution is -0.135. The highest BCUT2D eigenvalue weighted by molar-refractivity contribution is 5.96. The normalized spacial score (nSPS) is 15.2. The van der Waals surface area contributed by atoms with Crippen molar-refractivity contribution in [1.29, 1.82) is 0 Å². The molecule has 15 heteroatoms. The predicted octanol–water partition coefficient (Wildman–Crippen LogP) is 3.80. The molecule has 6 rings (SSSR count). The van der Waals surface area contributed by atoms with E-state index in [2.05, 4.69) is 31.9 Å². The Morgan fingerprint density at radius 3 is 1.58 bits per heavy atom. The molecule has 14 nitrogen and oxygen atoms in total. The Morgan fingerprint density at radius 1 is 0.615 bits per heavy atom. The maximum absolute atomic E-state index is 14.7. The van der Waals surface area contributed by atoms with Crippen LogP contribution in [0.3, 0.4) is 0 Å². The first-order valence-electron chi connectivity index (χ1n) is 22.2. The van der Waals surface area contributed by atoms with Crippen LogP contribution in [-0.4, -0.2) is 90.5 Å². The van der Waals surface area contributed by atoms with Crippen LogP contribution in [0.1, 0.15) is 55.7 Å². The molecule has 5 atom stereocenters. The summed E-state index contributed by atoms with van der Waals surface area (Å²) in [5.41, 5.74) is 7.81. The molecule has 0 spiro atoms. The average molecular weight is 888 g/mol. The second-order valence-electron chi connectivity index (χ2n) is 16.7. The van der Waals surface area contributed by atoms with E-state index in [0.29, 0.717) is 44.3 Å². The fourth-order valence-corrected chi connectivity index (χ4v) is 8.00. The van der Waals surface area contributed by atoms with Crippen molar-refractivity contribution in [2.45, 2.75) is 88.6 Å². The minimum atomic E-state index is -1.67. The van der Waals surface area contributed by atoms with Gasteiger partial charge in [-0.3, -0.25) is 28.8 Å². The smallest absolute Gasteiger partial charge is 0.254 e. The number of rotatable bonds is 21. The minimum Gasteiger partial charge on any atom is -0.508 e. The molecule has 0 bridgehead atoms. The van der Waals surface area contributed by atoms with E-state index in [1.165, 1.54) is 12.1 Å². The minimum absolute atomic E-state index is 0.00612. The van der Waals surface area contributed by atoms with Gasteiger partial charge in [0.25, 0.3) is 5.91 Å². The third-order valence-corrected chi connectivity index (χ3v) is 11.7. The van der Waals surface area contributed by atoms with Gasteiger partial charge in [0.15, 0.2) is 6.17 Å². The Morgan fingerprint density at radius 2 is 1.08 bits per heavy atom. The van der Waals surface area contributed by atoms with Gasteiger partial charge >= 0.3 is 0 Å². The van der Waals surface area contributed by atoms with E-state index in [1.807, 2.05) is 84.9 Å². The van der Waals surface area contributed by atoms with Crippen molar-refractivity contribution in [2.24, 2.45) is 11.7 Å². The van der Waals surface area contributed by atoms with E-state index < -0.39 is 59.9 Å². The number of hydrogen-bond acceptors (Lipinski definition) is 8. The van der Waals surface area contributed by atoms with Crippen molar-refractivity contribution in [3.63, 3.8) is 0 Å². The molecule has 65 heavy (non-hydrogen) atoms. The number of carbonyl (C=O) groups is 6. The quantitative estimate of drug-likeness (QED) is 0.0506. The number of carbonyl (C=O) groups excluding carboxylic acids is 6. The predicted molar refractivity (Wildman–Crippen MR) is 247 cm³/mol. The lowest BCUT2D eigenvalue weighted by Gasteiger charge is -2.28. The van der Waals surface area contributed by atoms with Gasteiger partial charge in [0, 0.05) is 31.7 Å². The summed E-state index contributed by atoms with van der Waals surface area (Å²) < 4.78 is 13.3. The van der Waals surface area contributed by atoms with Gasteiger partial charge < -0.3 is 42.7 Å². The van der Waals surface area contributed by atoms with E-state index in [0.717, 1.165) is 39.6 Å². The zero-order chi connectivity index (χ0) is 46.3. The summed E-state index contributed by atoms with van der Waals surface area (Å²) in [5.74, 6) is -4.15. The van der Waals surface area contributed by atoms with E-state index >= 15 is 0 Å². The molecule has 9 N–H and O–H groups in total. The molecule has 1 saturated heterocycles. The molecular weight excluding hydrogens is 830 g/mol. The molecule has 5 aromatic rings. The number of aromatic hydroxyl groups is 1. The highest BCUT2D eigenvalue weighted by Crippen LogP contribution is 2.20. The largest absolute Gasteiger partial charge is 0.508 e. The number of halogens is 1. The van der Waals surface area contributed by atoms with Crippen molar-refractivity contribution < 1.29 is 38.3 Å². The molecule has 0 radical (unpaired) electrons. The Hall–Kier alpha value is -6.87. The third-order valence-electron chi connectivity index (χ3n) is 11.7. The number of unbranched alkanes of at least 4 members (excludes halogenated alkanes) is 1. The molecule has 0 aliphatic carbocycles. The number of alkyl halides is 1. The monoisotopic (exact) mass is 887 g/mol. The molecule has 1 heterocycles. The number of nitrogens with two attached hydrogens (primary N) is 1. The molecule has 1 aliphatic heterocycles. The standard InChI is InChI=1S/C50H58FN7O7/c1-31(51)46(61)54-23-7-6-12-41(45(52)60)55-48(63)42(28-32-15-19-40(59)20-16-32)57-50(65)44(30-34-14-18-36-9-3-5-11-39(36)27-34)58-49(64)43(56-47(62)37-21-24-53-25-22-37)29-33-13-17-35-8-2-4-10-38(35)26-33/h2-5,8-11,13-20,26-27,31,37,41-44,53,59H,6-7,12,21-25,28-30H2,1H3,(H2,52,60)(H,54,61)(H,55,63)(H,56,62)(H,57,65)(H,58,64)/t31?,41-,42-,43+,44+/m0/s1. The van der Waals surface area contributed by atoms with Crippen LogP contribution in [-0.2, 0) is 48.0 Å². The van der Waals surface area contributed by atoms with Gasteiger partial charge in [-0.1, -0.05) is 97.1 Å². The van der Waals surface area contributed by atoms with E-state index in [9.17, 15) is 38.3 Å². The first kappa shape index (κ1) is 47.6. The zero-order valence-corrected chi connectivity index (χ0v) is 36.5. The van der Waals surface area contributed by atoms with Gasteiger partial charge in [-0.05, 0) is 102 Å². The van der Waals surface area contributed by atoms with Crippen molar-refractivity contribution in [3.05, 3.63) is 126 Å². The number of piperidine rings is 1. The van der Waals surface area contributed by atoms with Gasteiger partial charge in [0.05, 0.1) is 0 Å². The maximum atomic E-state index is 14.7. The molecule has 1 fully saturated rings. The fourth-order valence-electron chi connectivity index (χ4n) is 8.00. The lowest BCUT2D eigenvalue weighted by atomic mass is 9.95. The van der Waals surface area contributed by atoms with Crippen LogP contribution in [0.4, 0.5) is 4.39 Å². The summed E-state index contributed by atoms with van der Waals surface area (Å²) in [5, 5.41) is 31.0. The van der Waals surface area contributed by atoms with Crippen LogP contribution in [0.2, 0.25) is 0 Å². The molecular formula is C50H58FN7O7. The number of nitrogens with one attached hydrogen (secondary N) is 6. The highest BCUT2D eigenvalue weighted by Gasteiger charge is 2.33. The lowest BCUT2D eigenvalue weighted by Crippen LogP contribution is -2.59. The fraction of sp³-hybridized carbons (Fsp3) is 0.360. The summed E-state index contributed by atoms with van der Waals surface area (Å²) >= 11 is 0. The number of amides is 6. The Balaban J connectivity index is 1.26. The van der Waals surface area contributed by atoms with Gasteiger partial charge in [-0.15, -0.1) is 0 Å². The van der Waals surface area contributed by atoms with Crippen LogP contribution >= 0.6 is 0 Å². The highest BCUT2D eigenvalue weighted by atomic mass is 19.1.